The van der Waals surface area contributed by atoms with Crippen LogP contribution in [0.2, 0.25) is 0 Å². The van der Waals surface area contributed by atoms with Gasteiger partial charge >= 0.3 is 5.97 Å². The standard InChI is InChI=1S/C18H22N2O2/c1-22-17(21)10-14-13-4-2-3-5-16(13)19-18(14)15-11-20-8-6-12(15)7-9-20/h2-5,12,15,19H,6-11H2,1H3. The number of hydrogen-bond acceptors (Lipinski definition) is 3. The number of methoxy groups -OCH3 is 1. The summed E-state index contributed by atoms with van der Waals surface area (Å²) >= 11 is 0. The lowest BCUT2D eigenvalue weighted by Crippen LogP contribution is -2.46. The fraction of sp³-hybridized carbons (Fsp3) is 0.500. The summed E-state index contributed by atoms with van der Waals surface area (Å²) in [6.45, 7) is 3.58. The van der Waals surface area contributed by atoms with E-state index < -0.39 is 0 Å². The molecule has 3 aliphatic rings. The highest BCUT2D eigenvalue weighted by Crippen LogP contribution is 2.41. The second-order valence-electron chi connectivity index (χ2n) is 6.56. The van der Waals surface area contributed by atoms with Gasteiger partial charge in [-0.2, -0.15) is 0 Å². The summed E-state index contributed by atoms with van der Waals surface area (Å²) in [7, 11) is 1.46. The van der Waals surface area contributed by atoms with Gasteiger partial charge in [0.1, 0.15) is 0 Å². The Morgan fingerprint density at radius 3 is 2.77 bits per heavy atom. The van der Waals surface area contributed by atoms with Crippen molar-refractivity contribution in [2.45, 2.75) is 25.2 Å². The number of benzene rings is 1. The second kappa shape index (κ2) is 5.43. The molecule has 0 saturated carbocycles. The third kappa shape index (κ3) is 2.22. The fourth-order valence-electron chi connectivity index (χ4n) is 4.24. The third-order valence-corrected chi connectivity index (χ3v) is 5.42. The number of aromatic amines is 1. The Kier molecular flexibility index (Phi) is 3.41. The van der Waals surface area contributed by atoms with Gasteiger partial charge in [0.05, 0.1) is 13.5 Å². The molecule has 1 aromatic heterocycles. The van der Waals surface area contributed by atoms with E-state index in [1.807, 2.05) is 12.1 Å². The number of piperidine rings is 3. The molecule has 0 spiro atoms. The highest BCUT2D eigenvalue weighted by molar-refractivity contribution is 5.89. The number of nitrogens with zero attached hydrogens (tertiary/aromatic N) is 1. The largest absolute Gasteiger partial charge is 0.469 e. The molecule has 3 fully saturated rings. The summed E-state index contributed by atoms with van der Waals surface area (Å²) in [5, 5.41) is 1.17. The number of nitrogens with one attached hydrogen (secondary N) is 1. The van der Waals surface area contributed by atoms with Gasteiger partial charge in [-0.25, -0.2) is 0 Å². The van der Waals surface area contributed by atoms with Crippen LogP contribution in [0.4, 0.5) is 0 Å². The van der Waals surface area contributed by atoms with Gasteiger partial charge < -0.3 is 14.6 Å². The van der Waals surface area contributed by atoms with E-state index in [4.69, 9.17) is 4.74 Å². The number of hydrogen-bond donors (Lipinski definition) is 1. The summed E-state index contributed by atoms with van der Waals surface area (Å²) in [6.07, 6.45) is 2.91. The first-order chi connectivity index (χ1) is 10.8. The van der Waals surface area contributed by atoms with Crippen LogP contribution >= 0.6 is 0 Å². The summed E-state index contributed by atoms with van der Waals surface area (Å²) < 4.78 is 4.91. The molecule has 2 aromatic rings. The first-order valence-electron chi connectivity index (χ1n) is 8.15. The predicted molar refractivity (Wildman–Crippen MR) is 85.9 cm³/mol. The van der Waals surface area contributed by atoms with Gasteiger partial charge in [-0.15, -0.1) is 0 Å². The Morgan fingerprint density at radius 1 is 1.32 bits per heavy atom. The van der Waals surface area contributed by atoms with Crippen molar-refractivity contribution >= 4 is 16.9 Å². The first-order valence-corrected chi connectivity index (χ1v) is 8.15. The maximum Gasteiger partial charge on any atom is 0.310 e. The van der Waals surface area contributed by atoms with E-state index in [9.17, 15) is 4.79 Å². The molecule has 1 N–H and O–H groups in total. The molecule has 4 heteroatoms. The lowest BCUT2D eigenvalue weighted by Gasteiger charge is -2.44. The van der Waals surface area contributed by atoms with Crippen LogP contribution in [0.3, 0.4) is 0 Å². The number of fused-ring (bicyclic) bond motifs is 4. The molecule has 5 rings (SSSR count). The van der Waals surface area contributed by atoms with E-state index in [2.05, 4.69) is 22.0 Å². The molecule has 4 nitrogen and oxygen atoms in total. The molecule has 2 bridgehead atoms. The zero-order chi connectivity index (χ0) is 15.1. The van der Waals surface area contributed by atoms with Crippen LogP contribution in [0, 0.1) is 5.92 Å². The molecule has 0 amide bonds. The van der Waals surface area contributed by atoms with E-state index in [-0.39, 0.29) is 5.97 Å². The van der Waals surface area contributed by atoms with E-state index in [1.165, 1.54) is 44.1 Å². The smallest absolute Gasteiger partial charge is 0.310 e. The maximum atomic E-state index is 11.9. The van der Waals surface area contributed by atoms with Crippen LogP contribution in [0.1, 0.15) is 30.0 Å². The minimum absolute atomic E-state index is 0.160. The van der Waals surface area contributed by atoms with Gasteiger partial charge in [0.2, 0.25) is 0 Å². The Bertz CT molecular complexity index is 698. The van der Waals surface area contributed by atoms with Crippen LogP contribution in [0.5, 0.6) is 0 Å². The third-order valence-electron chi connectivity index (χ3n) is 5.42. The number of para-hydroxylation sites is 1. The van der Waals surface area contributed by atoms with Gasteiger partial charge in [-0.3, -0.25) is 4.79 Å². The summed E-state index contributed by atoms with van der Waals surface area (Å²) in [4.78, 5) is 18.0. The van der Waals surface area contributed by atoms with Crippen LogP contribution in [0.25, 0.3) is 10.9 Å². The Balaban J connectivity index is 1.79. The molecular weight excluding hydrogens is 276 g/mol. The number of ether oxygens (including phenoxy) is 1. The topological polar surface area (TPSA) is 45.3 Å². The van der Waals surface area contributed by atoms with Gasteiger partial charge in [0.25, 0.3) is 0 Å². The maximum absolute atomic E-state index is 11.9. The number of carbonyl (C=O) groups is 1. The second-order valence-corrected chi connectivity index (χ2v) is 6.56. The molecule has 3 saturated heterocycles. The first kappa shape index (κ1) is 13.8. The van der Waals surface area contributed by atoms with Crippen molar-refractivity contribution in [1.29, 1.82) is 0 Å². The molecule has 1 unspecified atom stereocenters. The summed E-state index contributed by atoms with van der Waals surface area (Å²) in [5.41, 5.74) is 3.54. The molecule has 3 aliphatic heterocycles. The van der Waals surface area contributed by atoms with Crippen molar-refractivity contribution in [3.05, 3.63) is 35.5 Å². The molecule has 116 valence electrons. The zero-order valence-electron chi connectivity index (χ0n) is 13.0. The highest BCUT2D eigenvalue weighted by Gasteiger charge is 2.37. The number of aromatic nitrogens is 1. The van der Waals surface area contributed by atoms with Gasteiger partial charge in [0.15, 0.2) is 0 Å². The van der Waals surface area contributed by atoms with Crippen LogP contribution in [-0.4, -0.2) is 42.6 Å². The molecule has 22 heavy (non-hydrogen) atoms. The fourth-order valence-corrected chi connectivity index (χ4v) is 4.24. The Labute approximate surface area is 130 Å². The molecule has 0 radical (unpaired) electrons. The molecule has 4 heterocycles. The average molecular weight is 298 g/mol. The number of H-pyrrole nitrogens is 1. The van der Waals surface area contributed by atoms with Gasteiger partial charge in [-0.05, 0) is 43.5 Å². The van der Waals surface area contributed by atoms with E-state index >= 15 is 0 Å². The highest BCUT2D eigenvalue weighted by atomic mass is 16.5. The van der Waals surface area contributed by atoms with Crippen molar-refractivity contribution in [1.82, 2.24) is 9.88 Å². The van der Waals surface area contributed by atoms with Crippen molar-refractivity contribution in [2.75, 3.05) is 26.7 Å². The summed E-state index contributed by atoms with van der Waals surface area (Å²) in [6, 6.07) is 8.29. The lowest BCUT2D eigenvalue weighted by molar-refractivity contribution is -0.139. The van der Waals surface area contributed by atoms with Crippen molar-refractivity contribution in [3.63, 3.8) is 0 Å². The monoisotopic (exact) mass is 298 g/mol. The quantitative estimate of drug-likeness (QED) is 0.886. The van der Waals surface area contributed by atoms with Crippen LogP contribution < -0.4 is 0 Å². The number of rotatable bonds is 3. The van der Waals surface area contributed by atoms with Crippen LogP contribution in [0.15, 0.2) is 24.3 Å². The molecular formula is C18H22N2O2. The normalized spacial score (nSPS) is 27.2. The van der Waals surface area contributed by atoms with E-state index in [0.717, 1.165) is 23.5 Å². The minimum Gasteiger partial charge on any atom is -0.469 e. The van der Waals surface area contributed by atoms with Crippen molar-refractivity contribution in [3.8, 4) is 0 Å². The van der Waals surface area contributed by atoms with Crippen molar-refractivity contribution < 1.29 is 9.53 Å². The van der Waals surface area contributed by atoms with E-state index in [0.29, 0.717) is 12.3 Å². The minimum atomic E-state index is -0.160. The predicted octanol–water partition coefficient (Wildman–Crippen LogP) is 2.69. The number of esters is 1. The Morgan fingerprint density at radius 2 is 2.09 bits per heavy atom. The van der Waals surface area contributed by atoms with Crippen molar-refractivity contribution in [2.24, 2.45) is 5.92 Å². The summed E-state index contributed by atoms with van der Waals surface area (Å²) in [5.74, 6) is 1.11. The molecule has 1 aromatic carbocycles. The van der Waals surface area contributed by atoms with Gasteiger partial charge in [-0.1, -0.05) is 18.2 Å². The Hall–Kier alpha value is -1.81. The van der Waals surface area contributed by atoms with Crippen LogP contribution in [-0.2, 0) is 16.0 Å². The molecule has 1 atom stereocenters. The van der Waals surface area contributed by atoms with E-state index in [1.54, 1.807) is 0 Å². The molecule has 0 aliphatic carbocycles. The average Bonchev–Trinajstić information content (AvgIpc) is 2.94. The SMILES string of the molecule is COC(=O)Cc1c(C2CN3CCC2CC3)[nH]c2ccccc12. The lowest BCUT2D eigenvalue weighted by atomic mass is 9.76. The zero-order valence-corrected chi connectivity index (χ0v) is 13.0. The van der Waals surface area contributed by atoms with Gasteiger partial charge in [0, 0.05) is 29.1 Å². The number of carbonyl (C=O) groups excluding carboxylic acids is 1.